The number of rotatable bonds is 9. The summed E-state index contributed by atoms with van der Waals surface area (Å²) in [7, 11) is 0. The van der Waals surface area contributed by atoms with Gasteiger partial charge in [0.1, 0.15) is 11.6 Å². The number of amides is 2. The van der Waals surface area contributed by atoms with Crippen molar-refractivity contribution in [1.29, 1.82) is 0 Å². The normalized spacial score (nSPS) is 10.2. The van der Waals surface area contributed by atoms with Crippen LogP contribution < -0.4 is 16.0 Å². The SMILES string of the molecule is C=CC(=O)NC(=O)CNc1cc(CC)cc(Cc2nc(NCC)ccc2F)c1. The molecule has 0 unspecified atom stereocenters. The van der Waals surface area contributed by atoms with Gasteiger partial charge in [0.05, 0.1) is 12.2 Å². The lowest BCUT2D eigenvalue weighted by molar-refractivity contribution is -0.126. The maximum Gasteiger partial charge on any atom is 0.249 e. The smallest absolute Gasteiger partial charge is 0.249 e. The molecule has 0 spiro atoms. The van der Waals surface area contributed by atoms with E-state index in [1.54, 1.807) is 6.07 Å². The van der Waals surface area contributed by atoms with Crippen LogP contribution in [0.15, 0.2) is 43.0 Å². The van der Waals surface area contributed by atoms with Crippen molar-refractivity contribution >= 4 is 23.3 Å². The third-order valence-corrected chi connectivity index (χ3v) is 4.01. The number of nitrogens with zero attached hydrogens (tertiary/aromatic N) is 1. The van der Waals surface area contributed by atoms with Gasteiger partial charge in [-0.3, -0.25) is 14.9 Å². The Morgan fingerprint density at radius 2 is 1.89 bits per heavy atom. The third kappa shape index (κ3) is 6.19. The largest absolute Gasteiger partial charge is 0.376 e. The Kier molecular flexibility index (Phi) is 7.68. The van der Waals surface area contributed by atoms with Crippen LogP contribution in [0.25, 0.3) is 0 Å². The first kappa shape index (κ1) is 21.1. The van der Waals surface area contributed by atoms with Crippen LogP contribution in [0.4, 0.5) is 15.9 Å². The number of aromatic nitrogens is 1. The second-order valence-corrected chi connectivity index (χ2v) is 6.19. The van der Waals surface area contributed by atoms with Crippen LogP contribution >= 0.6 is 0 Å². The summed E-state index contributed by atoms with van der Waals surface area (Å²) in [5.74, 6) is -0.732. The van der Waals surface area contributed by atoms with Crippen LogP contribution in [0.3, 0.4) is 0 Å². The molecule has 2 aromatic rings. The Morgan fingerprint density at radius 3 is 2.57 bits per heavy atom. The Labute approximate surface area is 164 Å². The minimum atomic E-state index is -0.545. The van der Waals surface area contributed by atoms with Gasteiger partial charge in [-0.25, -0.2) is 9.37 Å². The summed E-state index contributed by atoms with van der Waals surface area (Å²) in [6, 6.07) is 8.78. The Bertz CT molecular complexity index is 867. The Balaban J connectivity index is 2.16. The predicted molar refractivity (Wildman–Crippen MR) is 109 cm³/mol. The number of anilines is 2. The highest BCUT2D eigenvalue weighted by Crippen LogP contribution is 2.20. The first-order chi connectivity index (χ1) is 13.4. The zero-order valence-corrected chi connectivity index (χ0v) is 16.1. The number of halogens is 1. The second kappa shape index (κ2) is 10.2. The number of benzene rings is 1. The zero-order chi connectivity index (χ0) is 20.5. The van der Waals surface area contributed by atoms with Crippen molar-refractivity contribution in [2.45, 2.75) is 26.7 Å². The molecule has 3 N–H and O–H groups in total. The van der Waals surface area contributed by atoms with E-state index in [1.807, 2.05) is 32.0 Å². The monoisotopic (exact) mass is 384 g/mol. The lowest BCUT2D eigenvalue weighted by Gasteiger charge is -2.12. The van der Waals surface area contributed by atoms with Crippen LogP contribution in [0.5, 0.6) is 0 Å². The second-order valence-electron chi connectivity index (χ2n) is 6.19. The molecule has 0 fully saturated rings. The van der Waals surface area contributed by atoms with E-state index in [1.165, 1.54) is 6.07 Å². The van der Waals surface area contributed by atoms with E-state index in [0.717, 1.165) is 29.3 Å². The number of nitrogens with one attached hydrogen (secondary N) is 3. The molecule has 0 saturated carbocycles. The lowest BCUT2D eigenvalue weighted by Crippen LogP contribution is -2.33. The average molecular weight is 384 g/mol. The van der Waals surface area contributed by atoms with E-state index in [9.17, 15) is 14.0 Å². The molecule has 0 bridgehead atoms. The van der Waals surface area contributed by atoms with Gasteiger partial charge in [0.15, 0.2) is 0 Å². The highest BCUT2D eigenvalue weighted by atomic mass is 19.1. The molecule has 0 saturated heterocycles. The molecule has 6 nitrogen and oxygen atoms in total. The van der Waals surface area contributed by atoms with Crippen LogP contribution in [-0.4, -0.2) is 29.9 Å². The highest BCUT2D eigenvalue weighted by Gasteiger charge is 2.10. The molecule has 0 atom stereocenters. The molecule has 148 valence electrons. The standard InChI is InChI=1S/C21H25FN4O2/c1-4-14-9-15(12-18-17(22)7-8-19(25-18)23-6-3)11-16(10-14)24-13-21(28)26-20(27)5-2/h5,7-11,24H,2,4,6,12-13H2,1,3H3,(H,23,25)(H,26,27,28). The van der Waals surface area contributed by atoms with E-state index in [4.69, 9.17) is 0 Å². The first-order valence-electron chi connectivity index (χ1n) is 9.17. The summed E-state index contributed by atoms with van der Waals surface area (Å²) in [5.41, 5.74) is 3.00. The summed E-state index contributed by atoms with van der Waals surface area (Å²) in [6.07, 6.45) is 2.16. The quantitative estimate of drug-likeness (QED) is 0.579. The van der Waals surface area contributed by atoms with Crippen molar-refractivity contribution < 1.29 is 14.0 Å². The number of imide groups is 1. The molecule has 0 aliphatic carbocycles. The van der Waals surface area contributed by atoms with Crippen LogP contribution in [0.1, 0.15) is 30.7 Å². The molecular formula is C21H25FN4O2. The number of aryl methyl sites for hydroxylation is 1. The summed E-state index contributed by atoms with van der Waals surface area (Å²) >= 11 is 0. The number of hydrogen-bond acceptors (Lipinski definition) is 5. The fourth-order valence-corrected chi connectivity index (χ4v) is 2.67. The van der Waals surface area contributed by atoms with E-state index in [2.05, 4.69) is 27.5 Å². The van der Waals surface area contributed by atoms with Crippen LogP contribution in [0.2, 0.25) is 0 Å². The minimum Gasteiger partial charge on any atom is -0.376 e. The number of hydrogen-bond donors (Lipinski definition) is 3. The van der Waals surface area contributed by atoms with Gasteiger partial charge >= 0.3 is 0 Å². The van der Waals surface area contributed by atoms with Crippen molar-refractivity contribution in [3.8, 4) is 0 Å². The molecule has 0 aliphatic heterocycles. The van der Waals surface area contributed by atoms with Crippen molar-refractivity contribution in [1.82, 2.24) is 10.3 Å². The molecule has 0 radical (unpaired) electrons. The molecule has 2 amide bonds. The van der Waals surface area contributed by atoms with Gasteiger partial charge in [0, 0.05) is 18.7 Å². The van der Waals surface area contributed by atoms with Crippen molar-refractivity contribution in [2.24, 2.45) is 0 Å². The fourth-order valence-electron chi connectivity index (χ4n) is 2.67. The maximum absolute atomic E-state index is 14.2. The van der Waals surface area contributed by atoms with Crippen molar-refractivity contribution in [3.63, 3.8) is 0 Å². The Morgan fingerprint density at radius 1 is 1.14 bits per heavy atom. The minimum absolute atomic E-state index is 0.0608. The molecule has 1 aromatic heterocycles. The number of carbonyl (C=O) groups is 2. The topological polar surface area (TPSA) is 83.1 Å². The zero-order valence-electron chi connectivity index (χ0n) is 16.1. The van der Waals surface area contributed by atoms with Crippen LogP contribution in [0, 0.1) is 5.82 Å². The van der Waals surface area contributed by atoms with E-state index in [-0.39, 0.29) is 12.4 Å². The Hall–Kier alpha value is -3.22. The molecule has 0 aliphatic rings. The van der Waals surface area contributed by atoms with Crippen molar-refractivity contribution in [3.05, 3.63) is 65.6 Å². The highest BCUT2D eigenvalue weighted by molar-refractivity contribution is 6.01. The van der Waals surface area contributed by atoms with Gasteiger partial charge in [-0.05, 0) is 54.8 Å². The molecule has 2 rings (SSSR count). The van der Waals surface area contributed by atoms with E-state index in [0.29, 0.717) is 24.5 Å². The molecule has 7 heteroatoms. The van der Waals surface area contributed by atoms with Gasteiger partial charge in [-0.15, -0.1) is 0 Å². The van der Waals surface area contributed by atoms with Gasteiger partial charge in [0.25, 0.3) is 0 Å². The third-order valence-electron chi connectivity index (χ3n) is 4.01. The van der Waals surface area contributed by atoms with Crippen molar-refractivity contribution in [2.75, 3.05) is 23.7 Å². The fraction of sp³-hybridized carbons (Fsp3) is 0.286. The van der Waals surface area contributed by atoms with Gasteiger partial charge in [-0.1, -0.05) is 19.6 Å². The van der Waals surface area contributed by atoms with Crippen LogP contribution in [-0.2, 0) is 22.4 Å². The number of pyridine rings is 1. The molecule has 1 heterocycles. The lowest BCUT2D eigenvalue weighted by atomic mass is 10.0. The van der Waals surface area contributed by atoms with E-state index >= 15 is 0 Å². The molecular weight excluding hydrogens is 359 g/mol. The average Bonchev–Trinajstić information content (AvgIpc) is 2.68. The molecule has 1 aromatic carbocycles. The summed E-state index contributed by atoms with van der Waals surface area (Å²) in [4.78, 5) is 27.3. The number of carbonyl (C=O) groups excluding carboxylic acids is 2. The van der Waals surface area contributed by atoms with Gasteiger partial charge < -0.3 is 10.6 Å². The summed E-state index contributed by atoms with van der Waals surface area (Å²) < 4.78 is 14.2. The first-order valence-corrected chi connectivity index (χ1v) is 9.17. The predicted octanol–water partition coefficient (Wildman–Crippen LogP) is 3.05. The van der Waals surface area contributed by atoms with E-state index < -0.39 is 11.8 Å². The van der Waals surface area contributed by atoms with Gasteiger partial charge in [0.2, 0.25) is 11.8 Å². The summed E-state index contributed by atoms with van der Waals surface area (Å²) in [5, 5.41) is 8.26. The molecule has 28 heavy (non-hydrogen) atoms. The maximum atomic E-state index is 14.2. The van der Waals surface area contributed by atoms with Gasteiger partial charge in [-0.2, -0.15) is 0 Å². The summed E-state index contributed by atoms with van der Waals surface area (Å²) in [6.45, 7) is 7.91.